The maximum Gasteiger partial charge on any atom is 0.328 e. The molecule has 4 N–H and O–H groups in total. The van der Waals surface area contributed by atoms with Crippen molar-refractivity contribution >= 4 is 12.0 Å². The van der Waals surface area contributed by atoms with E-state index in [0.29, 0.717) is 0 Å². The van der Waals surface area contributed by atoms with Crippen molar-refractivity contribution in [1.29, 1.82) is 0 Å². The first-order chi connectivity index (χ1) is 7.86. The molecule has 1 aliphatic rings. The highest BCUT2D eigenvalue weighted by molar-refractivity contribution is 5.82. The number of carbonyl (C=O) groups excluding carboxylic acids is 1. The van der Waals surface area contributed by atoms with Crippen LogP contribution < -0.4 is 10.6 Å². The molecule has 1 rings (SSSR count). The number of nitrogens with one attached hydrogen (secondary N) is 2. The van der Waals surface area contributed by atoms with Crippen molar-refractivity contribution in [3.8, 4) is 0 Å². The normalized spacial score (nSPS) is 24.1. The molecule has 1 aliphatic carbocycles. The lowest BCUT2D eigenvalue weighted by Crippen LogP contribution is -2.52. The topological polar surface area (TPSA) is 98.7 Å². The van der Waals surface area contributed by atoms with E-state index < -0.39 is 24.6 Å². The van der Waals surface area contributed by atoms with Crippen LogP contribution >= 0.6 is 0 Å². The number of aliphatic hydroxyl groups excluding tert-OH is 1. The van der Waals surface area contributed by atoms with E-state index in [1.165, 1.54) is 0 Å². The first-order valence-corrected chi connectivity index (χ1v) is 5.77. The number of carboxylic acid groups (broad SMARTS) is 1. The highest BCUT2D eigenvalue weighted by atomic mass is 16.4. The zero-order valence-corrected chi connectivity index (χ0v) is 10.2. The molecule has 0 bridgehead atoms. The summed E-state index contributed by atoms with van der Waals surface area (Å²) in [4.78, 5) is 22.2. The Hall–Kier alpha value is -1.30. The Morgan fingerprint density at radius 3 is 2.53 bits per heavy atom. The van der Waals surface area contributed by atoms with E-state index in [1.807, 2.05) is 0 Å². The van der Waals surface area contributed by atoms with Gasteiger partial charge in [0, 0.05) is 6.04 Å². The summed E-state index contributed by atoms with van der Waals surface area (Å²) in [5.74, 6) is -1.24. The van der Waals surface area contributed by atoms with E-state index in [-0.39, 0.29) is 11.5 Å². The van der Waals surface area contributed by atoms with Crippen LogP contribution in [0.4, 0.5) is 4.79 Å². The van der Waals surface area contributed by atoms with Gasteiger partial charge >= 0.3 is 12.0 Å². The summed E-state index contributed by atoms with van der Waals surface area (Å²) in [6, 6.07) is -1.73. The molecule has 0 radical (unpaired) electrons. The van der Waals surface area contributed by atoms with E-state index in [0.717, 1.165) is 19.3 Å². The molecule has 2 unspecified atom stereocenters. The standard InChI is InChI=1S/C11H20N2O4/c1-11(2)5-3-4-8(11)13-10(17)12-7(6-14)9(15)16/h7-8,14H,3-6H2,1-2H3,(H,15,16)(H2,12,13,17). The van der Waals surface area contributed by atoms with E-state index in [9.17, 15) is 9.59 Å². The molecule has 6 nitrogen and oxygen atoms in total. The lowest BCUT2D eigenvalue weighted by Gasteiger charge is -2.28. The zero-order valence-electron chi connectivity index (χ0n) is 10.2. The van der Waals surface area contributed by atoms with Crippen molar-refractivity contribution in [2.75, 3.05) is 6.61 Å². The van der Waals surface area contributed by atoms with Gasteiger partial charge in [-0.1, -0.05) is 20.3 Å². The molecule has 2 atom stereocenters. The number of rotatable bonds is 4. The van der Waals surface area contributed by atoms with Crippen LogP contribution in [0.3, 0.4) is 0 Å². The van der Waals surface area contributed by atoms with E-state index >= 15 is 0 Å². The molecular formula is C11H20N2O4. The second-order valence-electron chi connectivity index (χ2n) is 5.12. The minimum Gasteiger partial charge on any atom is -0.480 e. The molecular weight excluding hydrogens is 224 g/mol. The van der Waals surface area contributed by atoms with Gasteiger partial charge in [0.15, 0.2) is 6.04 Å². The maximum absolute atomic E-state index is 11.6. The number of hydrogen-bond acceptors (Lipinski definition) is 3. The van der Waals surface area contributed by atoms with E-state index in [2.05, 4.69) is 24.5 Å². The van der Waals surface area contributed by atoms with Gasteiger partial charge in [-0.25, -0.2) is 9.59 Å². The molecule has 0 aromatic heterocycles. The van der Waals surface area contributed by atoms with Crippen LogP contribution in [0.2, 0.25) is 0 Å². The fourth-order valence-electron chi connectivity index (χ4n) is 2.14. The molecule has 98 valence electrons. The minimum absolute atomic E-state index is 0.0370. The van der Waals surface area contributed by atoms with Gasteiger partial charge in [-0.3, -0.25) is 0 Å². The van der Waals surface area contributed by atoms with Crippen molar-refractivity contribution in [1.82, 2.24) is 10.6 Å². The van der Waals surface area contributed by atoms with Gasteiger partial charge in [-0.05, 0) is 18.3 Å². The lowest BCUT2D eigenvalue weighted by atomic mass is 9.87. The summed E-state index contributed by atoms with van der Waals surface area (Å²) in [7, 11) is 0. The number of hydrogen-bond donors (Lipinski definition) is 4. The Morgan fingerprint density at radius 1 is 1.47 bits per heavy atom. The summed E-state index contributed by atoms with van der Waals surface area (Å²) in [5.41, 5.74) is 0.0370. The average Bonchev–Trinajstić information content (AvgIpc) is 2.54. The van der Waals surface area contributed by atoms with Crippen LogP contribution in [0.5, 0.6) is 0 Å². The smallest absolute Gasteiger partial charge is 0.328 e. The summed E-state index contributed by atoms with van der Waals surface area (Å²) >= 11 is 0. The SMILES string of the molecule is CC1(C)CCCC1NC(=O)NC(CO)C(=O)O. The third-order valence-corrected chi connectivity index (χ3v) is 3.35. The molecule has 0 heterocycles. The molecule has 0 aromatic rings. The van der Waals surface area contributed by atoms with Gasteiger partial charge in [0.05, 0.1) is 6.61 Å². The highest BCUT2D eigenvalue weighted by Crippen LogP contribution is 2.36. The average molecular weight is 244 g/mol. The first kappa shape index (κ1) is 13.8. The fraction of sp³-hybridized carbons (Fsp3) is 0.818. The van der Waals surface area contributed by atoms with Gasteiger partial charge in [-0.15, -0.1) is 0 Å². The van der Waals surface area contributed by atoms with Crippen molar-refractivity contribution in [2.45, 2.75) is 45.2 Å². The number of amides is 2. The molecule has 0 saturated heterocycles. The number of aliphatic carboxylic acids is 1. The van der Waals surface area contributed by atoms with Gasteiger partial charge in [0.1, 0.15) is 0 Å². The maximum atomic E-state index is 11.6. The quantitative estimate of drug-likeness (QED) is 0.572. The Bertz CT molecular complexity index is 304. The molecule has 1 fully saturated rings. The molecule has 1 saturated carbocycles. The Balaban J connectivity index is 2.47. The highest BCUT2D eigenvalue weighted by Gasteiger charge is 2.35. The number of urea groups is 1. The molecule has 0 aromatic carbocycles. The molecule has 17 heavy (non-hydrogen) atoms. The monoisotopic (exact) mass is 244 g/mol. The van der Waals surface area contributed by atoms with Crippen molar-refractivity contribution < 1.29 is 19.8 Å². The van der Waals surface area contributed by atoms with Crippen LogP contribution in [0.1, 0.15) is 33.1 Å². The second-order valence-corrected chi connectivity index (χ2v) is 5.12. The van der Waals surface area contributed by atoms with Crippen LogP contribution in [-0.2, 0) is 4.79 Å². The van der Waals surface area contributed by atoms with Crippen molar-refractivity contribution in [3.63, 3.8) is 0 Å². The summed E-state index contributed by atoms with van der Waals surface area (Å²) in [5, 5.41) is 22.5. The molecule has 0 spiro atoms. The Morgan fingerprint density at radius 2 is 2.12 bits per heavy atom. The van der Waals surface area contributed by atoms with Crippen LogP contribution in [0, 0.1) is 5.41 Å². The summed E-state index contributed by atoms with van der Waals surface area (Å²) < 4.78 is 0. The Kier molecular flexibility index (Phi) is 4.34. The third kappa shape index (κ3) is 3.59. The molecule has 6 heteroatoms. The zero-order chi connectivity index (χ0) is 13.1. The van der Waals surface area contributed by atoms with Gasteiger partial charge in [0.2, 0.25) is 0 Å². The number of carbonyl (C=O) groups is 2. The van der Waals surface area contributed by atoms with E-state index in [4.69, 9.17) is 10.2 Å². The van der Waals surface area contributed by atoms with Crippen molar-refractivity contribution in [2.24, 2.45) is 5.41 Å². The van der Waals surface area contributed by atoms with Crippen molar-refractivity contribution in [3.05, 3.63) is 0 Å². The first-order valence-electron chi connectivity index (χ1n) is 5.77. The summed E-state index contributed by atoms with van der Waals surface area (Å²) in [6.45, 7) is 3.54. The number of carboxylic acids is 1. The third-order valence-electron chi connectivity index (χ3n) is 3.35. The second kappa shape index (κ2) is 5.35. The fourth-order valence-corrected chi connectivity index (χ4v) is 2.14. The number of aliphatic hydroxyl groups is 1. The van der Waals surface area contributed by atoms with E-state index in [1.54, 1.807) is 0 Å². The molecule has 2 amide bonds. The molecule has 0 aliphatic heterocycles. The van der Waals surface area contributed by atoms with Gasteiger partial charge in [-0.2, -0.15) is 0 Å². The minimum atomic E-state index is -1.25. The summed E-state index contributed by atoms with van der Waals surface area (Å²) in [6.07, 6.45) is 3.00. The van der Waals surface area contributed by atoms with Crippen LogP contribution in [0.15, 0.2) is 0 Å². The van der Waals surface area contributed by atoms with Gasteiger partial charge < -0.3 is 20.8 Å². The largest absolute Gasteiger partial charge is 0.480 e. The van der Waals surface area contributed by atoms with Gasteiger partial charge in [0.25, 0.3) is 0 Å². The Labute approximate surface area is 100 Å². The van der Waals surface area contributed by atoms with Crippen LogP contribution in [-0.4, -0.2) is 40.9 Å². The predicted molar refractivity (Wildman–Crippen MR) is 61.6 cm³/mol. The lowest BCUT2D eigenvalue weighted by molar-refractivity contribution is -0.140. The van der Waals surface area contributed by atoms with Crippen LogP contribution in [0.25, 0.3) is 0 Å². The predicted octanol–water partition coefficient (Wildman–Crippen LogP) is 0.310.